The van der Waals surface area contributed by atoms with Crippen LogP contribution in [0.5, 0.6) is 0 Å². The van der Waals surface area contributed by atoms with Crippen molar-refractivity contribution in [2.45, 2.75) is 13.8 Å². The standard InChI is InChI=1S/C15H14FN3/c1-9-5-3-8-13-14(9)18-15(17)19(13)12-7-4-6-11(16)10(12)2/h3-8H,1-2H3,(H2,17,18). The zero-order valence-corrected chi connectivity index (χ0v) is 10.8. The van der Waals surface area contributed by atoms with Crippen LogP contribution in [0.4, 0.5) is 10.3 Å². The summed E-state index contributed by atoms with van der Waals surface area (Å²) in [6.07, 6.45) is 0. The van der Waals surface area contributed by atoms with E-state index in [1.807, 2.05) is 31.2 Å². The Morgan fingerprint density at radius 2 is 1.84 bits per heavy atom. The van der Waals surface area contributed by atoms with E-state index in [0.29, 0.717) is 11.5 Å². The highest BCUT2D eigenvalue weighted by Gasteiger charge is 2.14. The second kappa shape index (κ2) is 4.09. The third-order valence-electron chi connectivity index (χ3n) is 3.39. The molecule has 0 spiro atoms. The van der Waals surface area contributed by atoms with Crippen molar-refractivity contribution < 1.29 is 4.39 Å². The lowest BCUT2D eigenvalue weighted by Gasteiger charge is -2.10. The van der Waals surface area contributed by atoms with Gasteiger partial charge in [0.25, 0.3) is 0 Å². The smallest absolute Gasteiger partial charge is 0.205 e. The minimum Gasteiger partial charge on any atom is -0.369 e. The van der Waals surface area contributed by atoms with Crippen molar-refractivity contribution in [2.75, 3.05) is 5.73 Å². The molecule has 1 heterocycles. The Bertz CT molecular complexity index is 774. The highest BCUT2D eigenvalue weighted by Crippen LogP contribution is 2.27. The Hall–Kier alpha value is -2.36. The molecule has 3 nitrogen and oxygen atoms in total. The first kappa shape index (κ1) is 11.7. The molecule has 0 unspecified atom stereocenters. The summed E-state index contributed by atoms with van der Waals surface area (Å²) >= 11 is 0. The highest BCUT2D eigenvalue weighted by molar-refractivity contribution is 5.83. The maximum absolute atomic E-state index is 13.7. The summed E-state index contributed by atoms with van der Waals surface area (Å²) in [7, 11) is 0. The lowest BCUT2D eigenvalue weighted by Crippen LogP contribution is -2.03. The van der Waals surface area contributed by atoms with E-state index in [0.717, 1.165) is 22.3 Å². The molecule has 0 bridgehead atoms. The number of halogens is 1. The number of rotatable bonds is 1. The number of nitrogens with zero attached hydrogens (tertiary/aromatic N) is 2. The van der Waals surface area contributed by atoms with Crippen LogP contribution in [0.1, 0.15) is 11.1 Å². The summed E-state index contributed by atoms with van der Waals surface area (Å²) in [5, 5.41) is 0. The van der Waals surface area contributed by atoms with E-state index in [1.165, 1.54) is 6.07 Å². The fourth-order valence-corrected chi connectivity index (χ4v) is 2.35. The van der Waals surface area contributed by atoms with Crippen LogP contribution in [0.15, 0.2) is 36.4 Å². The summed E-state index contributed by atoms with van der Waals surface area (Å²) < 4.78 is 15.5. The molecule has 96 valence electrons. The summed E-state index contributed by atoms with van der Waals surface area (Å²) in [5.74, 6) is 0.129. The minimum absolute atomic E-state index is 0.244. The summed E-state index contributed by atoms with van der Waals surface area (Å²) in [4.78, 5) is 4.38. The first-order valence-corrected chi connectivity index (χ1v) is 6.08. The van der Waals surface area contributed by atoms with Gasteiger partial charge in [0.2, 0.25) is 5.95 Å². The van der Waals surface area contributed by atoms with Gasteiger partial charge in [-0.1, -0.05) is 18.2 Å². The highest BCUT2D eigenvalue weighted by atomic mass is 19.1. The van der Waals surface area contributed by atoms with Crippen molar-refractivity contribution in [3.8, 4) is 5.69 Å². The van der Waals surface area contributed by atoms with Crippen LogP contribution in [0, 0.1) is 19.7 Å². The van der Waals surface area contributed by atoms with Gasteiger partial charge in [0.05, 0.1) is 16.7 Å². The first-order valence-electron chi connectivity index (χ1n) is 6.08. The van der Waals surface area contributed by atoms with Gasteiger partial charge >= 0.3 is 0 Å². The Labute approximate surface area is 110 Å². The van der Waals surface area contributed by atoms with Gasteiger partial charge in [-0.15, -0.1) is 0 Å². The second-order valence-corrected chi connectivity index (χ2v) is 4.63. The molecule has 0 atom stereocenters. The van der Waals surface area contributed by atoms with Crippen LogP contribution in [0.2, 0.25) is 0 Å². The molecule has 4 heteroatoms. The molecule has 0 amide bonds. The van der Waals surface area contributed by atoms with E-state index in [4.69, 9.17) is 5.73 Å². The Balaban J connectivity index is 2.40. The molecule has 0 aliphatic heterocycles. The molecular weight excluding hydrogens is 241 g/mol. The number of nitrogens with two attached hydrogens (primary N) is 1. The zero-order valence-electron chi connectivity index (χ0n) is 10.8. The first-order chi connectivity index (χ1) is 9.09. The number of hydrogen-bond donors (Lipinski definition) is 1. The van der Waals surface area contributed by atoms with Crippen LogP contribution in [0.3, 0.4) is 0 Å². The fraction of sp³-hybridized carbons (Fsp3) is 0.133. The summed E-state index contributed by atoms with van der Waals surface area (Å²) in [6.45, 7) is 3.73. The third-order valence-corrected chi connectivity index (χ3v) is 3.39. The van der Waals surface area contributed by atoms with E-state index < -0.39 is 0 Å². The number of aryl methyl sites for hydroxylation is 1. The largest absolute Gasteiger partial charge is 0.369 e. The number of anilines is 1. The minimum atomic E-state index is -0.244. The molecule has 3 rings (SSSR count). The Kier molecular flexibility index (Phi) is 2.52. The molecule has 19 heavy (non-hydrogen) atoms. The Morgan fingerprint density at radius 1 is 1.11 bits per heavy atom. The van der Waals surface area contributed by atoms with Gasteiger partial charge in [-0.05, 0) is 37.6 Å². The van der Waals surface area contributed by atoms with Gasteiger partial charge in [-0.3, -0.25) is 4.57 Å². The van der Waals surface area contributed by atoms with Crippen LogP contribution in [-0.2, 0) is 0 Å². The average Bonchev–Trinajstić information content (AvgIpc) is 2.71. The number of hydrogen-bond acceptors (Lipinski definition) is 2. The average molecular weight is 255 g/mol. The number of benzene rings is 2. The lowest BCUT2D eigenvalue weighted by molar-refractivity contribution is 0.617. The van der Waals surface area contributed by atoms with Crippen molar-refractivity contribution in [3.05, 3.63) is 53.3 Å². The van der Waals surface area contributed by atoms with Gasteiger partial charge in [0.1, 0.15) is 5.82 Å². The normalized spacial score (nSPS) is 11.1. The fourth-order valence-electron chi connectivity index (χ4n) is 2.35. The molecule has 0 fully saturated rings. The molecule has 0 aliphatic carbocycles. The topological polar surface area (TPSA) is 43.8 Å². The summed E-state index contributed by atoms with van der Waals surface area (Å²) in [6, 6.07) is 10.8. The zero-order chi connectivity index (χ0) is 13.6. The van der Waals surface area contributed by atoms with Crippen LogP contribution in [0.25, 0.3) is 16.7 Å². The second-order valence-electron chi connectivity index (χ2n) is 4.63. The third kappa shape index (κ3) is 1.68. The van der Waals surface area contributed by atoms with Crippen molar-refractivity contribution in [1.82, 2.24) is 9.55 Å². The predicted octanol–water partition coefficient (Wildman–Crippen LogP) is 3.36. The van der Waals surface area contributed by atoms with E-state index in [9.17, 15) is 4.39 Å². The van der Waals surface area contributed by atoms with Gasteiger partial charge in [-0.25, -0.2) is 9.37 Å². The van der Waals surface area contributed by atoms with E-state index in [2.05, 4.69) is 4.98 Å². The maximum Gasteiger partial charge on any atom is 0.205 e. The number of imidazole rings is 1. The Morgan fingerprint density at radius 3 is 2.63 bits per heavy atom. The molecule has 0 saturated carbocycles. The maximum atomic E-state index is 13.7. The molecule has 0 aliphatic rings. The van der Waals surface area contributed by atoms with Gasteiger partial charge < -0.3 is 5.73 Å². The summed E-state index contributed by atoms with van der Waals surface area (Å²) in [5.41, 5.74) is 10.1. The van der Waals surface area contributed by atoms with Gasteiger partial charge in [-0.2, -0.15) is 0 Å². The molecule has 2 aromatic carbocycles. The predicted molar refractivity (Wildman–Crippen MR) is 74.9 cm³/mol. The van der Waals surface area contributed by atoms with Crippen LogP contribution >= 0.6 is 0 Å². The monoisotopic (exact) mass is 255 g/mol. The molecule has 0 radical (unpaired) electrons. The quantitative estimate of drug-likeness (QED) is 0.724. The van der Waals surface area contributed by atoms with Crippen LogP contribution in [-0.4, -0.2) is 9.55 Å². The van der Waals surface area contributed by atoms with E-state index in [-0.39, 0.29) is 5.82 Å². The molecule has 3 aromatic rings. The number of nitrogen functional groups attached to an aromatic ring is 1. The SMILES string of the molecule is Cc1c(F)cccc1-n1c(N)nc2c(C)cccc21. The molecule has 2 N–H and O–H groups in total. The van der Waals surface area contributed by atoms with Crippen molar-refractivity contribution >= 4 is 17.0 Å². The molecule has 0 saturated heterocycles. The number of para-hydroxylation sites is 1. The van der Waals surface area contributed by atoms with E-state index >= 15 is 0 Å². The van der Waals surface area contributed by atoms with Crippen LogP contribution < -0.4 is 5.73 Å². The lowest BCUT2D eigenvalue weighted by atomic mass is 10.1. The van der Waals surface area contributed by atoms with E-state index in [1.54, 1.807) is 17.6 Å². The number of fused-ring (bicyclic) bond motifs is 1. The van der Waals surface area contributed by atoms with Crippen molar-refractivity contribution in [3.63, 3.8) is 0 Å². The van der Waals surface area contributed by atoms with Crippen molar-refractivity contribution in [2.24, 2.45) is 0 Å². The van der Waals surface area contributed by atoms with Crippen molar-refractivity contribution in [1.29, 1.82) is 0 Å². The van der Waals surface area contributed by atoms with Gasteiger partial charge in [0, 0.05) is 5.56 Å². The molecule has 1 aromatic heterocycles. The van der Waals surface area contributed by atoms with Gasteiger partial charge in [0.15, 0.2) is 0 Å². The molecular formula is C15H14FN3. The number of aromatic nitrogens is 2.